The van der Waals surface area contributed by atoms with Gasteiger partial charge in [-0.05, 0) is 18.2 Å². The van der Waals surface area contributed by atoms with Crippen LogP contribution in [0.15, 0.2) is 83.7 Å². The number of likely N-dealkylation sites (N-methyl/N-ethyl adjacent to an activating group) is 1. The van der Waals surface area contributed by atoms with Crippen molar-refractivity contribution in [2.75, 3.05) is 7.05 Å². The number of aromatic nitrogens is 2. The van der Waals surface area contributed by atoms with Crippen molar-refractivity contribution in [1.29, 1.82) is 0 Å². The summed E-state index contributed by atoms with van der Waals surface area (Å²) in [6, 6.07) is 22.7. The molecule has 4 aromatic rings. The van der Waals surface area contributed by atoms with Crippen molar-refractivity contribution in [3.05, 3.63) is 101 Å². The molecule has 0 saturated carbocycles. The number of carbonyl (C=O) groups is 1. The molecule has 0 radical (unpaired) electrons. The van der Waals surface area contributed by atoms with Gasteiger partial charge in [-0.3, -0.25) is 14.2 Å². The Hall–Kier alpha value is -3.80. The number of halogens is 1. The summed E-state index contributed by atoms with van der Waals surface area (Å²) in [6.07, 6.45) is 0. The van der Waals surface area contributed by atoms with Gasteiger partial charge in [0.25, 0.3) is 5.56 Å². The first kappa shape index (κ1) is 19.5. The zero-order valence-corrected chi connectivity index (χ0v) is 16.5. The molecule has 0 atom stereocenters. The van der Waals surface area contributed by atoms with Gasteiger partial charge in [-0.25, -0.2) is 9.37 Å². The molecule has 0 aliphatic carbocycles. The van der Waals surface area contributed by atoms with E-state index >= 15 is 0 Å². The van der Waals surface area contributed by atoms with Crippen LogP contribution in [0, 0.1) is 5.82 Å². The summed E-state index contributed by atoms with van der Waals surface area (Å²) in [5, 5.41) is 0.446. The predicted molar refractivity (Wildman–Crippen MR) is 114 cm³/mol. The Kier molecular flexibility index (Phi) is 5.39. The summed E-state index contributed by atoms with van der Waals surface area (Å²) in [6.45, 7) is -0.0756. The zero-order chi connectivity index (χ0) is 21.1. The summed E-state index contributed by atoms with van der Waals surface area (Å²) >= 11 is 0. The van der Waals surface area contributed by atoms with Crippen LogP contribution in [0.25, 0.3) is 22.3 Å². The van der Waals surface area contributed by atoms with Crippen molar-refractivity contribution < 1.29 is 9.18 Å². The molecule has 0 unspecified atom stereocenters. The zero-order valence-electron chi connectivity index (χ0n) is 16.5. The van der Waals surface area contributed by atoms with E-state index < -0.39 is 0 Å². The average molecular weight is 401 g/mol. The molecule has 0 saturated heterocycles. The Bertz CT molecular complexity index is 1270. The Labute approximate surface area is 173 Å². The minimum atomic E-state index is -0.369. The van der Waals surface area contributed by atoms with E-state index in [1.54, 1.807) is 43.4 Å². The van der Waals surface area contributed by atoms with Crippen LogP contribution in [0.1, 0.15) is 5.56 Å². The highest BCUT2D eigenvalue weighted by atomic mass is 19.1. The van der Waals surface area contributed by atoms with Crippen LogP contribution in [0.4, 0.5) is 4.39 Å². The molecule has 1 aromatic heterocycles. The molecule has 5 nitrogen and oxygen atoms in total. The van der Waals surface area contributed by atoms with Gasteiger partial charge in [-0.1, -0.05) is 60.7 Å². The lowest BCUT2D eigenvalue weighted by atomic mass is 10.1. The van der Waals surface area contributed by atoms with E-state index in [1.807, 2.05) is 36.4 Å². The van der Waals surface area contributed by atoms with E-state index in [0.29, 0.717) is 22.3 Å². The third kappa shape index (κ3) is 3.85. The van der Waals surface area contributed by atoms with E-state index in [0.717, 1.165) is 5.56 Å². The van der Waals surface area contributed by atoms with Crippen molar-refractivity contribution in [2.45, 2.75) is 13.1 Å². The van der Waals surface area contributed by atoms with E-state index in [1.165, 1.54) is 15.5 Å². The first-order valence-corrected chi connectivity index (χ1v) is 9.57. The topological polar surface area (TPSA) is 55.2 Å². The second kappa shape index (κ2) is 8.29. The Balaban J connectivity index is 1.72. The molecule has 1 amide bonds. The number of nitrogens with zero attached hydrogens (tertiary/aromatic N) is 3. The molecule has 0 aliphatic heterocycles. The molecular weight excluding hydrogens is 381 g/mol. The maximum absolute atomic E-state index is 14.0. The molecule has 1 heterocycles. The molecular formula is C24H20FN3O2. The highest BCUT2D eigenvalue weighted by Crippen LogP contribution is 2.19. The number of carbonyl (C=O) groups excluding carboxylic acids is 1. The summed E-state index contributed by atoms with van der Waals surface area (Å²) in [5.74, 6) is -0.256. The fourth-order valence-electron chi connectivity index (χ4n) is 3.35. The van der Waals surface area contributed by atoms with Crippen LogP contribution >= 0.6 is 0 Å². The molecule has 0 N–H and O–H groups in total. The number of rotatable bonds is 5. The van der Waals surface area contributed by atoms with Crippen LogP contribution in [0.3, 0.4) is 0 Å². The minimum Gasteiger partial charge on any atom is -0.340 e. The van der Waals surface area contributed by atoms with Crippen LogP contribution in [0.2, 0.25) is 0 Å². The van der Waals surface area contributed by atoms with Gasteiger partial charge >= 0.3 is 0 Å². The molecule has 30 heavy (non-hydrogen) atoms. The number of fused-ring (bicyclic) bond motifs is 1. The van der Waals surface area contributed by atoms with E-state index in [2.05, 4.69) is 4.98 Å². The molecule has 150 valence electrons. The number of hydrogen-bond donors (Lipinski definition) is 0. The summed E-state index contributed by atoms with van der Waals surface area (Å²) in [5.41, 5.74) is 1.45. The van der Waals surface area contributed by atoms with Gasteiger partial charge < -0.3 is 4.90 Å². The van der Waals surface area contributed by atoms with Crippen molar-refractivity contribution in [3.63, 3.8) is 0 Å². The predicted octanol–water partition coefficient (Wildman–Crippen LogP) is 3.86. The highest BCUT2D eigenvalue weighted by Gasteiger charge is 2.18. The Morgan fingerprint density at radius 3 is 2.40 bits per heavy atom. The monoisotopic (exact) mass is 401 g/mol. The Morgan fingerprint density at radius 2 is 1.63 bits per heavy atom. The van der Waals surface area contributed by atoms with Gasteiger partial charge in [0.1, 0.15) is 18.2 Å². The summed E-state index contributed by atoms with van der Waals surface area (Å²) in [4.78, 5) is 32.2. The fourth-order valence-corrected chi connectivity index (χ4v) is 3.35. The van der Waals surface area contributed by atoms with Gasteiger partial charge in [0.05, 0.1) is 10.9 Å². The van der Waals surface area contributed by atoms with Gasteiger partial charge in [0, 0.05) is 24.7 Å². The average Bonchev–Trinajstić information content (AvgIpc) is 2.77. The number of amides is 1. The third-order valence-electron chi connectivity index (χ3n) is 4.98. The van der Waals surface area contributed by atoms with Crippen LogP contribution < -0.4 is 5.56 Å². The van der Waals surface area contributed by atoms with Gasteiger partial charge in [-0.2, -0.15) is 0 Å². The molecule has 0 bridgehead atoms. The quantitative estimate of drug-likeness (QED) is 0.510. The molecule has 4 rings (SSSR count). The van der Waals surface area contributed by atoms with Crippen molar-refractivity contribution in [2.24, 2.45) is 0 Å². The Morgan fingerprint density at radius 1 is 0.967 bits per heavy atom. The standard InChI is InChI=1S/C24H20FN3O2/c1-27(15-18-11-5-7-13-20(18)25)22(29)16-28-23(17-9-3-2-4-10-17)26-21-14-8-6-12-19(21)24(28)30/h2-14H,15-16H2,1H3. The van der Waals surface area contributed by atoms with Crippen LogP contribution in [-0.2, 0) is 17.9 Å². The molecule has 3 aromatic carbocycles. The van der Waals surface area contributed by atoms with E-state index in [4.69, 9.17) is 0 Å². The molecule has 0 fully saturated rings. The van der Waals surface area contributed by atoms with Gasteiger partial charge in [0.2, 0.25) is 5.91 Å². The second-order valence-electron chi connectivity index (χ2n) is 7.05. The largest absolute Gasteiger partial charge is 0.340 e. The summed E-state index contributed by atoms with van der Waals surface area (Å²) in [7, 11) is 1.59. The lowest BCUT2D eigenvalue weighted by Gasteiger charge is -2.20. The first-order chi connectivity index (χ1) is 14.5. The lowest BCUT2D eigenvalue weighted by molar-refractivity contribution is -0.131. The third-order valence-corrected chi connectivity index (χ3v) is 4.98. The van der Waals surface area contributed by atoms with Crippen LogP contribution in [-0.4, -0.2) is 27.4 Å². The van der Waals surface area contributed by atoms with Crippen molar-refractivity contribution in [3.8, 4) is 11.4 Å². The SMILES string of the molecule is CN(Cc1ccccc1F)C(=O)Cn1c(-c2ccccc2)nc2ccccc2c1=O. The lowest BCUT2D eigenvalue weighted by Crippen LogP contribution is -2.35. The number of para-hydroxylation sites is 1. The van der Waals surface area contributed by atoms with Crippen molar-refractivity contribution in [1.82, 2.24) is 14.5 Å². The number of hydrogen-bond acceptors (Lipinski definition) is 3. The minimum absolute atomic E-state index is 0.113. The normalized spacial score (nSPS) is 10.9. The van der Waals surface area contributed by atoms with E-state index in [9.17, 15) is 14.0 Å². The van der Waals surface area contributed by atoms with Gasteiger partial charge in [0.15, 0.2) is 0 Å². The molecule has 0 aliphatic rings. The maximum Gasteiger partial charge on any atom is 0.262 e. The summed E-state index contributed by atoms with van der Waals surface area (Å²) < 4.78 is 15.3. The maximum atomic E-state index is 14.0. The van der Waals surface area contributed by atoms with Crippen LogP contribution in [0.5, 0.6) is 0 Å². The molecule has 6 heteroatoms. The van der Waals surface area contributed by atoms with Gasteiger partial charge in [-0.15, -0.1) is 0 Å². The van der Waals surface area contributed by atoms with E-state index in [-0.39, 0.29) is 30.4 Å². The first-order valence-electron chi connectivity index (χ1n) is 9.57. The van der Waals surface area contributed by atoms with Crippen molar-refractivity contribution >= 4 is 16.8 Å². The smallest absolute Gasteiger partial charge is 0.262 e. The number of benzene rings is 3. The molecule has 0 spiro atoms. The second-order valence-corrected chi connectivity index (χ2v) is 7.05. The fraction of sp³-hybridized carbons (Fsp3) is 0.125. The highest BCUT2D eigenvalue weighted by molar-refractivity contribution is 5.81.